The highest BCUT2D eigenvalue weighted by Gasteiger charge is 2.23. The summed E-state index contributed by atoms with van der Waals surface area (Å²) in [5.74, 6) is 0.289. The van der Waals surface area contributed by atoms with E-state index in [4.69, 9.17) is 9.47 Å². The molecule has 0 radical (unpaired) electrons. The number of rotatable bonds is 6. The van der Waals surface area contributed by atoms with Crippen molar-refractivity contribution < 1.29 is 19.1 Å². The summed E-state index contributed by atoms with van der Waals surface area (Å²) in [6.07, 6.45) is 4.49. The van der Waals surface area contributed by atoms with Crippen LogP contribution in [0.15, 0.2) is 30.3 Å². The van der Waals surface area contributed by atoms with Crippen LogP contribution in [-0.4, -0.2) is 31.1 Å². The summed E-state index contributed by atoms with van der Waals surface area (Å²) < 4.78 is 10.2. The van der Waals surface area contributed by atoms with E-state index < -0.39 is 5.97 Å². The fourth-order valence-electron chi connectivity index (χ4n) is 2.63. The molecule has 1 aliphatic carbocycles. The first-order chi connectivity index (χ1) is 10.6. The first kappa shape index (κ1) is 16.3. The van der Waals surface area contributed by atoms with Crippen LogP contribution in [0.1, 0.15) is 32.6 Å². The van der Waals surface area contributed by atoms with Crippen LogP contribution in [0.25, 0.3) is 0 Å². The molecule has 5 nitrogen and oxygen atoms in total. The van der Waals surface area contributed by atoms with Crippen molar-refractivity contribution in [3.8, 4) is 5.75 Å². The monoisotopic (exact) mass is 305 g/mol. The average molecular weight is 305 g/mol. The third kappa shape index (κ3) is 5.39. The van der Waals surface area contributed by atoms with Crippen LogP contribution in [0.4, 0.5) is 0 Å². The number of carbonyl (C=O) groups is 2. The predicted molar refractivity (Wildman–Crippen MR) is 82.5 cm³/mol. The molecule has 0 bridgehead atoms. The Morgan fingerprint density at radius 1 is 1.14 bits per heavy atom. The molecule has 1 aromatic carbocycles. The van der Waals surface area contributed by atoms with Gasteiger partial charge < -0.3 is 14.8 Å². The van der Waals surface area contributed by atoms with E-state index in [1.54, 1.807) is 12.1 Å². The Balaban J connectivity index is 1.64. The molecule has 0 heterocycles. The second-order valence-corrected chi connectivity index (χ2v) is 5.70. The van der Waals surface area contributed by atoms with Crippen LogP contribution in [0, 0.1) is 5.92 Å². The molecule has 0 unspecified atom stereocenters. The summed E-state index contributed by atoms with van der Waals surface area (Å²) in [6.45, 7) is 1.70. The molecular formula is C17H23NO4. The minimum absolute atomic E-state index is 0.195. The number of ether oxygens (including phenoxy) is 2. The van der Waals surface area contributed by atoms with Crippen LogP contribution in [0.3, 0.4) is 0 Å². The van der Waals surface area contributed by atoms with E-state index in [-0.39, 0.29) is 25.2 Å². The molecule has 0 aliphatic heterocycles. The molecule has 1 N–H and O–H groups in total. The fourth-order valence-corrected chi connectivity index (χ4v) is 2.63. The molecule has 0 saturated heterocycles. The zero-order valence-electron chi connectivity index (χ0n) is 12.9. The summed E-state index contributed by atoms with van der Waals surface area (Å²) >= 11 is 0. The minimum atomic E-state index is -0.546. The van der Waals surface area contributed by atoms with Gasteiger partial charge in [0.1, 0.15) is 5.75 Å². The zero-order valence-corrected chi connectivity index (χ0v) is 12.9. The highest BCUT2D eigenvalue weighted by atomic mass is 16.6. The first-order valence-corrected chi connectivity index (χ1v) is 7.78. The van der Waals surface area contributed by atoms with Gasteiger partial charge in [-0.05, 0) is 30.9 Å². The number of carbonyl (C=O) groups excluding carboxylic acids is 2. The van der Waals surface area contributed by atoms with Crippen molar-refractivity contribution in [3.05, 3.63) is 30.3 Å². The number of hydrogen-bond donors (Lipinski definition) is 1. The van der Waals surface area contributed by atoms with Gasteiger partial charge in [0.25, 0.3) is 5.91 Å². The van der Waals surface area contributed by atoms with Crippen molar-refractivity contribution in [2.45, 2.75) is 38.6 Å². The van der Waals surface area contributed by atoms with E-state index in [9.17, 15) is 9.59 Å². The SMILES string of the molecule is C[C@@H]1CCCC[C@H]1NC(=O)COC(=O)COc1ccccc1. The molecule has 0 spiro atoms. The largest absolute Gasteiger partial charge is 0.482 e. The van der Waals surface area contributed by atoms with Crippen LogP contribution in [-0.2, 0) is 14.3 Å². The Hall–Kier alpha value is -2.04. The number of hydrogen-bond acceptors (Lipinski definition) is 4. The molecule has 0 aromatic heterocycles. The maximum atomic E-state index is 11.8. The number of para-hydroxylation sites is 1. The predicted octanol–water partition coefficient (Wildman–Crippen LogP) is 2.30. The molecular weight excluding hydrogens is 282 g/mol. The Morgan fingerprint density at radius 2 is 1.86 bits per heavy atom. The topological polar surface area (TPSA) is 64.6 Å². The van der Waals surface area contributed by atoms with E-state index >= 15 is 0 Å². The smallest absolute Gasteiger partial charge is 0.344 e. The van der Waals surface area contributed by atoms with Crippen LogP contribution < -0.4 is 10.1 Å². The van der Waals surface area contributed by atoms with E-state index in [0.29, 0.717) is 11.7 Å². The van der Waals surface area contributed by atoms with Crippen LogP contribution >= 0.6 is 0 Å². The first-order valence-electron chi connectivity index (χ1n) is 7.78. The molecule has 2 atom stereocenters. The van der Waals surface area contributed by atoms with Crippen LogP contribution in [0.2, 0.25) is 0 Å². The molecule has 5 heteroatoms. The quantitative estimate of drug-likeness (QED) is 0.819. The summed E-state index contributed by atoms with van der Waals surface area (Å²) in [5, 5.41) is 2.94. The lowest BCUT2D eigenvalue weighted by Gasteiger charge is -2.29. The van der Waals surface area contributed by atoms with Crippen molar-refractivity contribution in [2.75, 3.05) is 13.2 Å². The van der Waals surface area contributed by atoms with Crippen molar-refractivity contribution in [3.63, 3.8) is 0 Å². The molecule has 1 saturated carbocycles. The van der Waals surface area contributed by atoms with Gasteiger partial charge in [-0.15, -0.1) is 0 Å². The van der Waals surface area contributed by atoms with Crippen molar-refractivity contribution in [1.82, 2.24) is 5.32 Å². The zero-order chi connectivity index (χ0) is 15.8. The summed E-state index contributed by atoms with van der Waals surface area (Å²) in [5.41, 5.74) is 0. The molecule has 22 heavy (non-hydrogen) atoms. The highest BCUT2D eigenvalue weighted by molar-refractivity contribution is 5.81. The second-order valence-electron chi connectivity index (χ2n) is 5.70. The van der Waals surface area contributed by atoms with Gasteiger partial charge in [0.2, 0.25) is 0 Å². The van der Waals surface area contributed by atoms with Gasteiger partial charge in [0.05, 0.1) is 0 Å². The summed E-state index contributed by atoms with van der Waals surface area (Å²) in [6, 6.07) is 9.20. The molecule has 120 valence electrons. The third-order valence-corrected chi connectivity index (χ3v) is 3.92. The number of esters is 1. The Kier molecular flexibility index (Phi) is 6.25. The van der Waals surface area contributed by atoms with Gasteiger partial charge in [-0.1, -0.05) is 38.0 Å². The van der Waals surface area contributed by atoms with Gasteiger partial charge in [-0.25, -0.2) is 4.79 Å². The highest BCUT2D eigenvalue weighted by Crippen LogP contribution is 2.23. The number of benzene rings is 1. The lowest BCUT2D eigenvalue weighted by atomic mass is 9.86. The van der Waals surface area contributed by atoms with E-state index in [1.807, 2.05) is 18.2 Å². The lowest BCUT2D eigenvalue weighted by molar-refractivity contribution is -0.150. The second kappa shape index (κ2) is 8.41. The number of amides is 1. The molecule has 1 aliphatic rings. The Labute approximate surface area is 131 Å². The lowest BCUT2D eigenvalue weighted by Crippen LogP contribution is -2.43. The van der Waals surface area contributed by atoms with E-state index in [1.165, 1.54) is 6.42 Å². The summed E-state index contributed by atoms with van der Waals surface area (Å²) in [4.78, 5) is 23.4. The molecule has 1 amide bonds. The Bertz CT molecular complexity index is 489. The van der Waals surface area contributed by atoms with Gasteiger partial charge in [-0.2, -0.15) is 0 Å². The minimum Gasteiger partial charge on any atom is -0.482 e. The van der Waals surface area contributed by atoms with Gasteiger partial charge in [0, 0.05) is 6.04 Å². The van der Waals surface area contributed by atoms with Gasteiger partial charge >= 0.3 is 5.97 Å². The third-order valence-electron chi connectivity index (χ3n) is 3.92. The van der Waals surface area contributed by atoms with Crippen LogP contribution in [0.5, 0.6) is 5.75 Å². The van der Waals surface area contributed by atoms with E-state index in [2.05, 4.69) is 12.2 Å². The van der Waals surface area contributed by atoms with Gasteiger partial charge in [-0.3, -0.25) is 4.79 Å². The van der Waals surface area contributed by atoms with Gasteiger partial charge in [0.15, 0.2) is 13.2 Å². The van der Waals surface area contributed by atoms with E-state index in [0.717, 1.165) is 19.3 Å². The summed E-state index contributed by atoms with van der Waals surface area (Å²) in [7, 11) is 0. The standard InChI is InChI=1S/C17H23NO4/c1-13-7-5-6-10-15(13)18-16(19)11-22-17(20)12-21-14-8-3-2-4-9-14/h2-4,8-9,13,15H,5-7,10-12H2,1H3,(H,18,19)/t13-,15-/m1/s1. The maximum absolute atomic E-state index is 11.8. The fraction of sp³-hybridized carbons (Fsp3) is 0.529. The average Bonchev–Trinajstić information content (AvgIpc) is 2.54. The molecule has 1 aromatic rings. The van der Waals surface area contributed by atoms with Crippen molar-refractivity contribution >= 4 is 11.9 Å². The Morgan fingerprint density at radius 3 is 2.59 bits per heavy atom. The molecule has 1 fully saturated rings. The maximum Gasteiger partial charge on any atom is 0.344 e. The normalized spacial score (nSPS) is 21.0. The van der Waals surface area contributed by atoms with Crippen molar-refractivity contribution in [1.29, 1.82) is 0 Å². The molecule has 2 rings (SSSR count). The van der Waals surface area contributed by atoms with Crippen molar-refractivity contribution in [2.24, 2.45) is 5.92 Å². The number of nitrogens with one attached hydrogen (secondary N) is 1.